The van der Waals surface area contributed by atoms with E-state index in [1.807, 2.05) is 0 Å². The summed E-state index contributed by atoms with van der Waals surface area (Å²) in [6.07, 6.45) is 2.49. The molecule has 0 amide bonds. The van der Waals surface area contributed by atoms with E-state index in [4.69, 9.17) is 4.74 Å². The Morgan fingerprint density at radius 2 is 2.19 bits per heavy atom. The van der Waals surface area contributed by atoms with Crippen LogP contribution in [0.15, 0.2) is 5.38 Å². The maximum absolute atomic E-state index is 5.93. The standard InChI is InChI=1S/C16H27N3OS/c1-3-5-18-7-8-20-13-16(11-18)4-6-19(12-16)9-15-10-21-14(2)17-15/h10H,3-9,11-13H2,1-2H3/t16-/m1/s1. The second kappa shape index (κ2) is 6.73. The van der Waals surface area contributed by atoms with Crippen LogP contribution in [0.3, 0.4) is 0 Å². The van der Waals surface area contributed by atoms with E-state index in [0.29, 0.717) is 5.41 Å². The van der Waals surface area contributed by atoms with Crippen molar-refractivity contribution in [3.8, 4) is 0 Å². The SMILES string of the molecule is CCCN1CCOC[C@]2(CCN(Cc3csc(C)n3)C2)C1. The molecule has 2 fully saturated rings. The molecule has 2 aliphatic rings. The maximum atomic E-state index is 5.93. The van der Waals surface area contributed by atoms with Gasteiger partial charge in [0.25, 0.3) is 0 Å². The van der Waals surface area contributed by atoms with E-state index in [1.165, 1.54) is 43.2 Å². The van der Waals surface area contributed by atoms with Crippen LogP contribution in [0.4, 0.5) is 0 Å². The number of rotatable bonds is 4. The Hall–Kier alpha value is -0.490. The summed E-state index contributed by atoms with van der Waals surface area (Å²) in [5.74, 6) is 0. The molecule has 0 unspecified atom stereocenters. The van der Waals surface area contributed by atoms with E-state index in [1.54, 1.807) is 11.3 Å². The van der Waals surface area contributed by atoms with Crippen LogP contribution in [0.2, 0.25) is 0 Å². The molecule has 1 atom stereocenters. The average Bonchev–Trinajstić information content (AvgIpc) is 2.96. The predicted octanol–water partition coefficient (Wildman–Crippen LogP) is 2.39. The molecule has 118 valence electrons. The Labute approximate surface area is 132 Å². The van der Waals surface area contributed by atoms with Gasteiger partial charge in [-0.1, -0.05) is 6.92 Å². The van der Waals surface area contributed by atoms with Crippen molar-refractivity contribution in [2.45, 2.75) is 33.2 Å². The van der Waals surface area contributed by atoms with Gasteiger partial charge in [0, 0.05) is 37.0 Å². The zero-order valence-electron chi connectivity index (χ0n) is 13.3. The first-order chi connectivity index (χ1) is 10.2. The molecule has 5 heteroatoms. The molecule has 3 rings (SSSR count). The topological polar surface area (TPSA) is 28.6 Å². The Morgan fingerprint density at radius 1 is 1.33 bits per heavy atom. The Morgan fingerprint density at radius 3 is 2.95 bits per heavy atom. The van der Waals surface area contributed by atoms with Crippen LogP contribution < -0.4 is 0 Å². The molecule has 0 radical (unpaired) electrons. The first-order valence-corrected chi connectivity index (χ1v) is 9.00. The average molecular weight is 309 g/mol. The second-order valence-corrected chi connectivity index (χ2v) is 7.71. The van der Waals surface area contributed by atoms with Crippen molar-refractivity contribution in [3.63, 3.8) is 0 Å². The van der Waals surface area contributed by atoms with Crippen molar-refractivity contribution in [2.75, 3.05) is 45.9 Å². The summed E-state index contributed by atoms with van der Waals surface area (Å²) in [5.41, 5.74) is 1.58. The quantitative estimate of drug-likeness (QED) is 0.854. The fourth-order valence-electron chi connectivity index (χ4n) is 3.71. The Bertz CT molecular complexity index is 464. The van der Waals surface area contributed by atoms with Gasteiger partial charge in [-0.2, -0.15) is 0 Å². The number of aromatic nitrogens is 1. The largest absolute Gasteiger partial charge is 0.379 e. The summed E-state index contributed by atoms with van der Waals surface area (Å²) >= 11 is 1.75. The van der Waals surface area contributed by atoms with Crippen molar-refractivity contribution in [3.05, 3.63) is 16.1 Å². The molecule has 1 aromatic heterocycles. The summed E-state index contributed by atoms with van der Waals surface area (Å²) in [5, 5.41) is 3.37. The lowest BCUT2D eigenvalue weighted by Crippen LogP contribution is -2.40. The lowest BCUT2D eigenvalue weighted by atomic mass is 9.87. The van der Waals surface area contributed by atoms with Crippen LogP contribution in [0.5, 0.6) is 0 Å². The van der Waals surface area contributed by atoms with Crippen molar-refractivity contribution in [1.82, 2.24) is 14.8 Å². The number of thiazole rings is 1. The monoisotopic (exact) mass is 309 g/mol. The zero-order valence-corrected chi connectivity index (χ0v) is 14.1. The van der Waals surface area contributed by atoms with Gasteiger partial charge in [-0.3, -0.25) is 4.90 Å². The minimum Gasteiger partial charge on any atom is -0.379 e. The Balaban J connectivity index is 1.61. The Kier molecular flexibility index (Phi) is 4.94. The third kappa shape index (κ3) is 3.83. The van der Waals surface area contributed by atoms with E-state index in [2.05, 4.69) is 34.0 Å². The third-order valence-electron chi connectivity index (χ3n) is 4.63. The maximum Gasteiger partial charge on any atom is 0.0897 e. The fraction of sp³-hybridized carbons (Fsp3) is 0.812. The summed E-state index contributed by atoms with van der Waals surface area (Å²) in [4.78, 5) is 9.77. The zero-order chi connectivity index (χ0) is 14.7. The lowest BCUT2D eigenvalue weighted by Gasteiger charge is -2.31. The minimum atomic E-state index is 0.344. The molecule has 0 bridgehead atoms. The van der Waals surface area contributed by atoms with Crippen molar-refractivity contribution in [2.24, 2.45) is 5.41 Å². The van der Waals surface area contributed by atoms with Gasteiger partial charge in [0.15, 0.2) is 0 Å². The molecule has 21 heavy (non-hydrogen) atoms. The van der Waals surface area contributed by atoms with Crippen LogP contribution in [-0.4, -0.2) is 60.7 Å². The van der Waals surface area contributed by atoms with Gasteiger partial charge in [-0.05, 0) is 32.9 Å². The molecule has 3 heterocycles. The third-order valence-corrected chi connectivity index (χ3v) is 5.45. The normalized spacial score (nSPS) is 28.3. The van der Waals surface area contributed by atoms with Crippen molar-refractivity contribution < 1.29 is 4.74 Å². The minimum absolute atomic E-state index is 0.344. The highest BCUT2D eigenvalue weighted by Crippen LogP contribution is 2.34. The smallest absolute Gasteiger partial charge is 0.0897 e. The first kappa shape index (κ1) is 15.4. The summed E-state index contributed by atoms with van der Waals surface area (Å²) < 4.78 is 5.93. The lowest BCUT2D eigenvalue weighted by molar-refractivity contribution is 0.0707. The van der Waals surface area contributed by atoms with E-state index in [0.717, 1.165) is 32.8 Å². The molecule has 1 aromatic rings. The highest BCUT2D eigenvalue weighted by atomic mass is 32.1. The molecule has 0 aliphatic carbocycles. The highest BCUT2D eigenvalue weighted by Gasteiger charge is 2.40. The van der Waals surface area contributed by atoms with E-state index >= 15 is 0 Å². The molecular formula is C16H27N3OS. The molecule has 2 aliphatic heterocycles. The number of aryl methyl sites for hydroxylation is 1. The number of ether oxygens (including phenoxy) is 1. The van der Waals surface area contributed by atoms with E-state index in [-0.39, 0.29) is 0 Å². The van der Waals surface area contributed by atoms with Crippen LogP contribution >= 0.6 is 11.3 Å². The molecule has 2 saturated heterocycles. The van der Waals surface area contributed by atoms with Gasteiger partial charge >= 0.3 is 0 Å². The van der Waals surface area contributed by atoms with E-state index in [9.17, 15) is 0 Å². The van der Waals surface area contributed by atoms with Gasteiger partial charge in [0.2, 0.25) is 0 Å². The number of hydrogen-bond acceptors (Lipinski definition) is 5. The van der Waals surface area contributed by atoms with Crippen LogP contribution in [0.1, 0.15) is 30.5 Å². The highest BCUT2D eigenvalue weighted by molar-refractivity contribution is 7.09. The second-order valence-electron chi connectivity index (χ2n) is 6.65. The summed E-state index contributed by atoms with van der Waals surface area (Å²) in [7, 11) is 0. The van der Waals surface area contributed by atoms with Gasteiger partial charge in [-0.15, -0.1) is 11.3 Å². The summed E-state index contributed by atoms with van der Waals surface area (Å²) in [6, 6.07) is 0. The molecule has 0 saturated carbocycles. The molecule has 0 aromatic carbocycles. The molecule has 0 N–H and O–H groups in total. The summed E-state index contributed by atoms with van der Waals surface area (Å²) in [6.45, 7) is 13.0. The van der Waals surface area contributed by atoms with Gasteiger partial charge in [0.05, 0.1) is 23.9 Å². The van der Waals surface area contributed by atoms with E-state index < -0.39 is 0 Å². The number of hydrogen-bond donors (Lipinski definition) is 0. The van der Waals surface area contributed by atoms with Crippen molar-refractivity contribution >= 4 is 11.3 Å². The van der Waals surface area contributed by atoms with Gasteiger partial charge in [0.1, 0.15) is 0 Å². The van der Waals surface area contributed by atoms with Crippen molar-refractivity contribution in [1.29, 1.82) is 0 Å². The molecular weight excluding hydrogens is 282 g/mol. The fourth-order valence-corrected chi connectivity index (χ4v) is 4.31. The van der Waals surface area contributed by atoms with Gasteiger partial charge < -0.3 is 9.64 Å². The number of nitrogens with zero attached hydrogens (tertiary/aromatic N) is 3. The van der Waals surface area contributed by atoms with Crippen LogP contribution in [-0.2, 0) is 11.3 Å². The number of likely N-dealkylation sites (tertiary alicyclic amines) is 1. The van der Waals surface area contributed by atoms with Crippen LogP contribution in [0, 0.1) is 12.3 Å². The predicted molar refractivity (Wildman–Crippen MR) is 86.7 cm³/mol. The van der Waals surface area contributed by atoms with Gasteiger partial charge in [-0.25, -0.2) is 4.98 Å². The molecule has 4 nitrogen and oxygen atoms in total. The molecule has 1 spiro atoms. The van der Waals surface area contributed by atoms with Crippen LogP contribution in [0.25, 0.3) is 0 Å². The first-order valence-electron chi connectivity index (χ1n) is 8.13.